The molecule has 4 heteroatoms. The first kappa shape index (κ1) is 9.58. The molecule has 0 fully saturated rings. The molecule has 0 saturated carbocycles. The van der Waals surface area contributed by atoms with E-state index in [9.17, 15) is 5.11 Å². The fourth-order valence-corrected chi connectivity index (χ4v) is 1.40. The molecule has 3 N–H and O–H groups in total. The zero-order valence-electron chi connectivity index (χ0n) is 8.70. The highest BCUT2D eigenvalue weighted by molar-refractivity contribution is 5.66. The van der Waals surface area contributed by atoms with Crippen LogP contribution in [0.25, 0.3) is 11.3 Å². The van der Waals surface area contributed by atoms with Crippen molar-refractivity contribution >= 4 is 5.95 Å². The average molecular weight is 203 g/mol. The average Bonchev–Trinajstić information content (AvgIpc) is 2.61. The highest BCUT2D eigenvalue weighted by Crippen LogP contribution is 2.27. The zero-order chi connectivity index (χ0) is 10.8. The van der Waals surface area contributed by atoms with Gasteiger partial charge in [0.2, 0.25) is 11.8 Å². The third-order valence-corrected chi connectivity index (χ3v) is 2.26. The van der Waals surface area contributed by atoms with Crippen LogP contribution in [0.5, 0.6) is 5.88 Å². The maximum atomic E-state index is 9.60. The summed E-state index contributed by atoms with van der Waals surface area (Å²) in [6.07, 6.45) is 0. The first-order valence-electron chi connectivity index (χ1n) is 4.74. The van der Waals surface area contributed by atoms with E-state index in [4.69, 9.17) is 0 Å². The van der Waals surface area contributed by atoms with Crippen LogP contribution >= 0.6 is 0 Å². The van der Waals surface area contributed by atoms with E-state index in [2.05, 4.69) is 15.3 Å². The number of hydrogen-bond acceptors (Lipinski definition) is 3. The SMILES string of the molecule is CNc1nc(O)c(-c2ccc(C)cc2)[nH]1. The number of rotatable bonds is 2. The molecule has 78 valence electrons. The molecule has 0 amide bonds. The van der Waals surface area contributed by atoms with Gasteiger partial charge >= 0.3 is 0 Å². The minimum Gasteiger partial charge on any atom is -0.492 e. The van der Waals surface area contributed by atoms with Crippen LogP contribution in [0.3, 0.4) is 0 Å². The van der Waals surface area contributed by atoms with E-state index in [1.807, 2.05) is 31.2 Å². The number of anilines is 1. The van der Waals surface area contributed by atoms with Crippen LogP contribution in [0.1, 0.15) is 5.56 Å². The van der Waals surface area contributed by atoms with Gasteiger partial charge in [-0.05, 0) is 6.92 Å². The minimum absolute atomic E-state index is 0.0169. The maximum absolute atomic E-state index is 9.60. The second-order valence-electron chi connectivity index (χ2n) is 3.40. The van der Waals surface area contributed by atoms with Gasteiger partial charge in [0.1, 0.15) is 5.69 Å². The lowest BCUT2D eigenvalue weighted by molar-refractivity contribution is 0.459. The quantitative estimate of drug-likeness (QED) is 0.700. The molecule has 1 aromatic heterocycles. The number of aromatic nitrogens is 2. The molecule has 0 unspecified atom stereocenters. The van der Waals surface area contributed by atoms with Gasteiger partial charge in [0.05, 0.1) is 0 Å². The monoisotopic (exact) mass is 203 g/mol. The highest BCUT2D eigenvalue weighted by atomic mass is 16.3. The van der Waals surface area contributed by atoms with Crippen molar-refractivity contribution in [2.24, 2.45) is 0 Å². The van der Waals surface area contributed by atoms with Crippen molar-refractivity contribution < 1.29 is 5.11 Å². The number of nitrogens with one attached hydrogen (secondary N) is 2. The Morgan fingerprint density at radius 2 is 1.93 bits per heavy atom. The molecule has 0 aliphatic carbocycles. The van der Waals surface area contributed by atoms with Crippen molar-refractivity contribution in [2.75, 3.05) is 12.4 Å². The minimum atomic E-state index is 0.0169. The molecular formula is C11H13N3O. The Bertz CT molecular complexity index is 459. The largest absolute Gasteiger partial charge is 0.492 e. The summed E-state index contributed by atoms with van der Waals surface area (Å²) in [7, 11) is 1.75. The Labute approximate surface area is 88.0 Å². The normalized spacial score (nSPS) is 10.3. The molecule has 15 heavy (non-hydrogen) atoms. The molecule has 1 aromatic carbocycles. The molecule has 0 aliphatic heterocycles. The van der Waals surface area contributed by atoms with Gasteiger partial charge in [-0.3, -0.25) is 0 Å². The molecule has 2 aromatic rings. The second-order valence-corrected chi connectivity index (χ2v) is 3.40. The van der Waals surface area contributed by atoms with Gasteiger partial charge in [-0.1, -0.05) is 29.8 Å². The van der Waals surface area contributed by atoms with Crippen molar-refractivity contribution in [3.8, 4) is 17.1 Å². The summed E-state index contributed by atoms with van der Waals surface area (Å²) in [6, 6.07) is 7.88. The molecule has 0 bridgehead atoms. The predicted octanol–water partition coefficient (Wildman–Crippen LogP) is 2.13. The standard InChI is InChI=1S/C11H13N3O/c1-7-3-5-8(6-4-7)9-10(15)14-11(12-2)13-9/h3-6,15H,1-2H3,(H2,12,13,14). The van der Waals surface area contributed by atoms with Crippen LogP contribution in [-0.2, 0) is 0 Å². The number of aryl methyl sites for hydroxylation is 1. The van der Waals surface area contributed by atoms with E-state index in [1.165, 1.54) is 5.56 Å². The van der Waals surface area contributed by atoms with Crippen LogP contribution in [-0.4, -0.2) is 22.1 Å². The molecule has 0 saturated heterocycles. The van der Waals surface area contributed by atoms with E-state index >= 15 is 0 Å². The smallest absolute Gasteiger partial charge is 0.239 e. The third-order valence-electron chi connectivity index (χ3n) is 2.26. The van der Waals surface area contributed by atoms with Gasteiger partial charge in [0, 0.05) is 12.6 Å². The van der Waals surface area contributed by atoms with Crippen LogP contribution in [0, 0.1) is 6.92 Å². The lowest BCUT2D eigenvalue weighted by atomic mass is 10.1. The number of nitrogens with zero attached hydrogens (tertiary/aromatic N) is 1. The molecule has 0 radical (unpaired) electrons. The lowest BCUT2D eigenvalue weighted by Crippen LogP contribution is -1.88. The molecule has 0 atom stereocenters. The van der Waals surface area contributed by atoms with Gasteiger partial charge in [-0.2, -0.15) is 4.98 Å². The molecule has 4 nitrogen and oxygen atoms in total. The zero-order valence-corrected chi connectivity index (χ0v) is 8.70. The topological polar surface area (TPSA) is 60.9 Å². The fourth-order valence-electron chi connectivity index (χ4n) is 1.40. The number of aromatic amines is 1. The van der Waals surface area contributed by atoms with E-state index in [0.717, 1.165) is 5.56 Å². The van der Waals surface area contributed by atoms with Crippen LogP contribution < -0.4 is 5.32 Å². The Hall–Kier alpha value is -1.97. The van der Waals surface area contributed by atoms with E-state index < -0.39 is 0 Å². The molecule has 0 spiro atoms. The molecule has 2 rings (SSSR count). The first-order chi connectivity index (χ1) is 7.20. The van der Waals surface area contributed by atoms with Gasteiger partial charge in [-0.15, -0.1) is 0 Å². The number of H-pyrrole nitrogens is 1. The molecular weight excluding hydrogens is 190 g/mol. The van der Waals surface area contributed by atoms with E-state index in [-0.39, 0.29) is 5.88 Å². The lowest BCUT2D eigenvalue weighted by Gasteiger charge is -1.98. The summed E-state index contributed by atoms with van der Waals surface area (Å²) in [5.41, 5.74) is 2.75. The van der Waals surface area contributed by atoms with Crippen molar-refractivity contribution in [1.29, 1.82) is 0 Å². The Balaban J connectivity index is 2.44. The van der Waals surface area contributed by atoms with Gasteiger partial charge in [0.25, 0.3) is 0 Å². The van der Waals surface area contributed by atoms with Crippen molar-refractivity contribution in [2.45, 2.75) is 6.92 Å². The van der Waals surface area contributed by atoms with E-state index in [0.29, 0.717) is 11.6 Å². The first-order valence-corrected chi connectivity index (χ1v) is 4.74. The second kappa shape index (κ2) is 3.65. The summed E-state index contributed by atoms with van der Waals surface area (Å²) in [5, 5.41) is 12.4. The molecule has 1 heterocycles. The van der Waals surface area contributed by atoms with Crippen molar-refractivity contribution in [3.05, 3.63) is 29.8 Å². The Morgan fingerprint density at radius 1 is 1.27 bits per heavy atom. The van der Waals surface area contributed by atoms with Crippen molar-refractivity contribution in [1.82, 2.24) is 9.97 Å². The number of hydrogen-bond donors (Lipinski definition) is 3. The summed E-state index contributed by atoms with van der Waals surface area (Å²) in [6.45, 7) is 2.02. The summed E-state index contributed by atoms with van der Waals surface area (Å²) < 4.78 is 0. The fraction of sp³-hybridized carbons (Fsp3) is 0.182. The van der Waals surface area contributed by atoms with E-state index in [1.54, 1.807) is 7.05 Å². The number of imidazole rings is 1. The Kier molecular flexibility index (Phi) is 2.33. The van der Waals surface area contributed by atoms with Gasteiger partial charge in [0.15, 0.2) is 0 Å². The number of benzene rings is 1. The van der Waals surface area contributed by atoms with Gasteiger partial charge in [-0.25, -0.2) is 0 Å². The highest BCUT2D eigenvalue weighted by Gasteiger charge is 2.09. The Morgan fingerprint density at radius 3 is 2.47 bits per heavy atom. The van der Waals surface area contributed by atoms with Crippen LogP contribution in [0.4, 0.5) is 5.95 Å². The predicted molar refractivity (Wildman–Crippen MR) is 60.0 cm³/mol. The number of aromatic hydroxyl groups is 1. The summed E-state index contributed by atoms with van der Waals surface area (Å²) in [5.74, 6) is 0.575. The maximum Gasteiger partial charge on any atom is 0.239 e. The van der Waals surface area contributed by atoms with Crippen LogP contribution in [0.2, 0.25) is 0 Å². The third kappa shape index (κ3) is 1.79. The van der Waals surface area contributed by atoms with Crippen molar-refractivity contribution in [3.63, 3.8) is 0 Å². The summed E-state index contributed by atoms with van der Waals surface area (Å²) in [4.78, 5) is 6.91. The summed E-state index contributed by atoms with van der Waals surface area (Å²) >= 11 is 0. The van der Waals surface area contributed by atoms with Gasteiger partial charge < -0.3 is 15.4 Å². The van der Waals surface area contributed by atoms with Crippen LogP contribution in [0.15, 0.2) is 24.3 Å². The molecule has 0 aliphatic rings.